The van der Waals surface area contributed by atoms with Crippen molar-refractivity contribution in [3.8, 4) is 0 Å². The van der Waals surface area contributed by atoms with Crippen molar-refractivity contribution in [3.05, 3.63) is 87.7 Å². The van der Waals surface area contributed by atoms with E-state index < -0.39 is 44.5 Å². The van der Waals surface area contributed by atoms with Gasteiger partial charge < -0.3 is 10.7 Å². The molecule has 0 unspecified atom stereocenters. The number of aromatic amines is 1. The molecule has 174 valence electrons. The van der Waals surface area contributed by atoms with E-state index in [9.17, 15) is 22.4 Å². The second-order valence-corrected chi connectivity index (χ2v) is 10.2. The minimum Gasteiger partial charge on any atom is -0.404 e. The largest absolute Gasteiger partial charge is 0.404 e. The number of ketones is 2. The molecule has 1 aromatic carbocycles. The second kappa shape index (κ2) is 8.97. The zero-order valence-corrected chi connectivity index (χ0v) is 19.2. The van der Waals surface area contributed by atoms with Crippen LogP contribution in [0.5, 0.6) is 0 Å². The highest BCUT2D eigenvalue weighted by molar-refractivity contribution is 7.94. The molecule has 0 spiro atoms. The van der Waals surface area contributed by atoms with Gasteiger partial charge in [0.15, 0.2) is 11.6 Å². The van der Waals surface area contributed by atoms with Crippen LogP contribution in [0.1, 0.15) is 25.6 Å². The molecule has 34 heavy (non-hydrogen) atoms. The first-order valence-corrected chi connectivity index (χ1v) is 12.0. The molecular weight excluding hydrogens is 510 g/mol. The van der Waals surface area contributed by atoms with Crippen molar-refractivity contribution < 1.29 is 26.8 Å². The van der Waals surface area contributed by atoms with Gasteiger partial charge in [-0.3, -0.25) is 14.3 Å². The number of fused-ring (bicyclic) bond motifs is 1. The molecule has 4 rings (SSSR count). The van der Waals surface area contributed by atoms with Crippen LogP contribution in [0.3, 0.4) is 0 Å². The Morgan fingerprint density at radius 2 is 1.97 bits per heavy atom. The first-order chi connectivity index (χ1) is 16.1. The Labute approximate surface area is 200 Å². The molecule has 4 aromatic rings. The molecule has 0 radical (unpaired) electrons. The summed E-state index contributed by atoms with van der Waals surface area (Å²) in [5.41, 5.74) is 3.73. The van der Waals surface area contributed by atoms with E-state index in [-0.39, 0.29) is 30.7 Å². The third-order valence-corrected chi connectivity index (χ3v) is 7.81. The highest BCUT2D eigenvalue weighted by Crippen LogP contribution is 2.30. The Morgan fingerprint density at radius 1 is 1.21 bits per heavy atom. The van der Waals surface area contributed by atoms with Crippen LogP contribution in [0, 0.1) is 11.6 Å². The van der Waals surface area contributed by atoms with Crippen molar-refractivity contribution >= 4 is 61.2 Å². The van der Waals surface area contributed by atoms with Crippen LogP contribution >= 0.6 is 22.9 Å². The number of pyridine rings is 1. The van der Waals surface area contributed by atoms with Gasteiger partial charge in [-0.25, -0.2) is 22.2 Å². The number of nitrogens with zero attached hydrogens (tertiary/aromatic N) is 1. The van der Waals surface area contributed by atoms with Crippen molar-refractivity contribution in [1.82, 2.24) is 9.97 Å². The van der Waals surface area contributed by atoms with Gasteiger partial charge in [-0.1, -0.05) is 11.6 Å². The molecule has 8 nitrogen and oxygen atoms in total. The second-order valence-electron chi connectivity index (χ2n) is 6.81. The maximum Gasteiger partial charge on any atom is 0.271 e. The Hall–Kier alpha value is -3.61. The molecule has 0 amide bonds. The summed E-state index contributed by atoms with van der Waals surface area (Å²) >= 11 is 6.55. The number of nitrogens with one attached hydrogen (secondary N) is 2. The first-order valence-electron chi connectivity index (χ1n) is 9.33. The number of hydrogen-bond acceptors (Lipinski definition) is 7. The van der Waals surface area contributed by atoms with Crippen LogP contribution in [0.2, 0.25) is 5.02 Å². The van der Waals surface area contributed by atoms with Crippen LogP contribution in [0.25, 0.3) is 11.0 Å². The van der Waals surface area contributed by atoms with Crippen molar-refractivity contribution in [1.29, 1.82) is 0 Å². The number of H-pyrrole nitrogens is 1. The Bertz CT molecular complexity index is 1600. The molecule has 0 aliphatic carbocycles. The molecule has 3 aromatic heterocycles. The third kappa shape index (κ3) is 4.30. The van der Waals surface area contributed by atoms with Gasteiger partial charge in [-0.15, -0.1) is 11.3 Å². The summed E-state index contributed by atoms with van der Waals surface area (Å²) in [6.45, 7) is 0. The number of carbonyl (C=O) groups is 2. The fourth-order valence-electron chi connectivity index (χ4n) is 3.10. The number of sulfonamides is 1. The van der Waals surface area contributed by atoms with Crippen LogP contribution in [-0.2, 0) is 10.0 Å². The quantitative estimate of drug-likeness (QED) is 0.245. The van der Waals surface area contributed by atoms with Crippen LogP contribution in [0.4, 0.5) is 14.5 Å². The van der Waals surface area contributed by atoms with Gasteiger partial charge in [0.05, 0.1) is 21.2 Å². The summed E-state index contributed by atoms with van der Waals surface area (Å²) in [5, 5.41) is 0.448. The lowest BCUT2D eigenvalue weighted by molar-refractivity contribution is 0.102. The minimum absolute atomic E-state index is 0.0872. The van der Waals surface area contributed by atoms with E-state index >= 15 is 4.39 Å². The molecule has 0 bridgehead atoms. The lowest BCUT2D eigenvalue weighted by atomic mass is 10.0. The minimum atomic E-state index is -4.36. The Balaban J connectivity index is 1.71. The van der Waals surface area contributed by atoms with Crippen molar-refractivity contribution in [2.24, 2.45) is 5.73 Å². The van der Waals surface area contributed by atoms with Crippen molar-refractivity contribution in [2.45, 2.75) is 4.21 Å². The monoisotopic (exact) mass is 522 g/mol. The maximum atomic E-state index is 15.2. The molecule has 0 saturated heterocycles. The fraction of sp³-hybridized carbons (Fsp3) is 0. The first kappa shape index (κ1) is 23.5. The summed E-state index contributed by atoms with van der Waals surface area (Å²) in [5.74, 6) is -4.14. The third-order valence-electron chi connectivity index (χ3n) is 4.64. The lowest BCUT2D eigenvalue weighted by Crippen LogP contribution is -2.15. The topological polar surface area (TPSA) is 135 Å². The number of thiophene rings is 1. The lowest BCUT2D eigenvalue weighted by Gasteiger charge is -2.11. The van der Waals surface area contributed by atoms with Crippen molar-refractivity contribution in [3.63, 3.8) is 0 Å². The molecule has 13 heteroatoms. The molecule has 0 atom stereocenters. The number of benzene rings is 1. The number of hydrogen-bond donors (Lipinski definition) is 3. The van der Waals surface area contributed by atoms with Crippen LogP contribution in [0.15, 0.2) is 59.2 Å². The number of halogens is 3. The average Bonchev–Trinajstić information content (AvgIpc) is 3.44. The summed E-state index contributed by atoms with van der Waals surface area (Å²) in [6.07, 6.45) is 4.63. The van der Waals surface area contributed by atoms with Crippen molar-refractivity contribution in [2.75, 3.05) is 4.72 Å². The predicted octanol–water partition coefficient (Wildman–Crippen LogP) is 4.24. The van der Waals surface area contributed by atoms with Gasteiger partial charge >= 0.3 is 0 Å². The maximum absolute atomic E-state index is 15.2. The summed E-state index contributed by atoms with van der Waals surface area (Å²) < 4.78 is 56.9. The SMILES string of the molecule is N/C=C\C(=O)c1ccc(S(=O)(=O)Nc2ccc(F)c(C(=O)c3c[nH]c4ncc(Cl)cc34)c2F)s1. The van der Waals surface area contributed by atoms with E-state index in [1.165, 1.54) is 24.5 Å². The van der Waals surface area contributed by atoms with E-state index in [0.29, 0.717) is 11.3 Å². The van der Waals surface area contributed by atoms with E-state index in [4.69, 9.17) is 17.3 Å². The van der Waals surface area contributed by atoms with E-state index in [1.54, 1.807) is 0 Å². The normalized spacial score (nSPS) is 11.9. The molecule has 0 fully saturated rings. The summed E-state index contributed by atoms with van der Waals surface area (Å²) in [7, 11) is -4.36. The number of allylic oxidation sites excluding steroid dienone is 1. The summed E-state index contributed by atoms with van der Waals surface area (Å²) in [4.78, 5) is 31.7. The molecule has 3 heterocycles. The Morgan fingerprint density at radius 3 is 2.71 bits per heavy atom. The van der Waals surface area contributed by atoms with E-state index in [0.717, 1.165) is 30.5 Å². The summed E-state index contributed by atoms with van der Waals surface area (Å²) in [6, 6.07) is 5.45. The number of aromatic nitrogens is 2. The molecule has 4 N–H and O–H groups in total. The zero-order valence-electron chi connectivity index (χ0n) is 16.8. The van der Waals surface area contributed by atoms with Crippen LogP contribution in [-0.4, -0.2) is 30.0 Å². The zero-order chi connectivity index (χ0) is 24.6. The smallest absolute Gasteiger partial charge is 0.271 e. The van der Waals surface area contributed by atoms with E-state index in [1.807, 2.05) is 4.72 Å². The van der Waals surface area contributed by atoms with E-state index in [2.05, 4.69) is 9.97 Å². The highest BCUT2D eigenvalue weighted by Gasteiger charge is 2.27. The molecule has 0 aliphatic heterocycles. The van der Waals surface area contributed by atoms with Gasteiger partial charge in [-0.05, 0) is 36.5 Å². The molecule has 0 saturated carbocycles. The number of anilines is 1. The fourth-order valence-corrected chi connectivity index (χ4v) is 5.55. The Kier molecular flexibility index (Phi) is 6.21. The van der Waals surface area contributed by atoms with Gasteiger partial charge in [0.2, 0.25) is 5.78 Å². The average molecular weight is 523 g/mol. The number of nitrogens with two attached hydrogens (primary N) is 1. The predicted molar refractivity (Wildman–Crippen MR) is 124 cm³/mol. The van der Waals surface area contributed by atoms with Gasteiger partial charge in [-0.2, -0.15) is 0 Å². The van der Waals surface area contributed by atoms with Gasteiger partial charge in [0.1, 0.15) is 15.7 Å². The number of carbonyl (C=O) groups excluding carboxylic acids is 2. The highest BCUT2D eigenvalue weighted by atomic mass is 35.5. The molecule has 0 aliphatic rings. The standard InChI is InChI=1S/C21H13ClF2N4O4S2/c22-10-7-11-12(9-27-21(11)26-8-10)20(30)18-13(23)1-2-14(19(18)24)28-34(31,32)17-4-3-16(33-17)15(29)5-6-25/h1-9,28H,25H2,(H,26,27)/b6-5-. The van der Waals surface area contributed by atoms with Crippen LogP contribution < -0.4 is 10.5 Å². The van der Waals surface area contributed by atoms with Gasteiger partial charge in [0, 0.05) is 29.4 Å². The number of rotatable bonds is 7. The molecular formula is C21H13ClF2N4O4S2. The van der Waals surface area contributed by atoms with Gasteiger partial charge in [0.25, 0.3) is 10.0 Å².